The number of para-hydroxylation sites is 1. The number of fused-ring (bicyclic) bond motifs is 1. The molecule has 0 aliphatic rings. The summed E-state index contributed by atoms with van der Waals surface area (Å²) >= 11 is 1.21. The molecule has 4 aromatic rings. The zero-order valence-electron chi connectivity index (χ0n) is 18.2. The largest absolute Gasteiger partial charge is 0.325 e. The van der Waals surface area contributed by atoms with Crippen LogP contribution in [0.15, 0.2) is 84.5 Å². The molecule has 4 rings (SSSR count). The smallest absolute Gasteiger partial charge is 0.234 e. The van der Waals surface area contributed by atoms with Gasteiger partial charge in [0, 0.05) is 12.2 Å². The topological polar surface area (TPSA) is 88.9 Å². The van der Waals surface area contributed by atoms with E-state index in [0.717, 1.165) is 10.8 Å². The first-order valence-electron chi connectivity index (χ1n) is 10.5. The second-order valence-corrected chi connectivity index (χ2v) is 8.34. The van der Waals surface area contributed by atoms with Crippen LogP contribution in [-0.4, -0.2) is 32.3 Å². The quantitative estimate of drug-likeness (QED) is 0.271. The third kappa shape index (κ3) is 5.68. The van der Waals surface area contributed by atoms with Crippen molar-refractivity contribution in [3.8, 4) is 0 Å². The van der Waals surface area contributed by atoms with Crippen molar-refractivity contribution in [3.63, 3.8) is 0 Å². The third-order valence-electron chi connectivity index (χ3n) is 4.94. The van der Waals surface area contributed by atoms with Crippen LogP contribution in [0.5, 0.6) is 0 Å². The standard InChI is InChI=1S/C25H22FN5O2S/c1-2-13-31-22(15-23(32)28-21-10-6-5-9-20(21)26)29-30-25(31)34-16-24(33)27-19-12-11-17-7-3-4-8-18(17)14-19/h2-12,14H,1,13,15-16H2,(H,27,33)(H,28,32). The summed E-state index contributed by atoms with van der Waals surface area (Å²) < 4.78 is 15.5. The molecular formula is C25H22FN5O2S. The van der Waals surface area contributed by atoms with Gasteiger partial charge in [0.05, 0.1) is 17.9 Å². The first-order valence-corrected chi connectivity index (χ1v) is 11.5. The highest BCUT2D eigenvalue weighted by Crippen LogP contribution is 2.21. The van der Waals surface area contributed by atoms with Gasteiger partial charge in [-0.15, -0.1) is 16.8 Å². The highest BCUT2D eigenvalue weighted by molar-refractivity contribution is 7.99. The fraction of sp³-hybridized carbons (Fsp3) is 0.120. The summed E-state index contributed by atoms with van der Waals surface area (Å²) in [6.07, 6.45) is 1.56. The molecule has 34 heavy (non-hydrogen) atoms. The van der Waals surface area contributed by atoms with Gasteiger partial charge in [-0.3, -0.25) is 9.59 Å². The second kappa shape index (κ2) is 10.8. The molecular weight excluding hydrogens is 453 g/mol. The number of hydrogen-bond donors (Lipinski definition) is 2. The Labute approximate surface area is 200 Å². The Bertz CT molecular complexity index is 1350. The highest BCUT2D eigenvalue weighted by atomic mass is 32.2. The van der Waals surface area contributed by atoms with Crippen LogP contribution >= 0.6 is 11.8 Å². The van der Waals surface area contributed by atoms with E-state index in [1.807, 2.05) is 42.5 Å². The van der Waals surface area contributed by atoms with Crippen LogP contribution in [0.2, 0.25) is 0 Å². The van der Waals surface area contributed by atoms with Gasteiger partial charge in [0.15, 0.2) is 5.16 Å². The zero-order chi connectivity index (χ0) is 23.9. The number of nitrogens with zero attached hydrogens (tertiary/aromatic N) is 3. The van der Waals surface area contributed by atoms with Gasteiger partial charge in [0.25, 0.3) is 0 Å². The average Bonchev–Trinajstić information content (AvgIpc) is 3.20. The molecule has 3 aromatic carbocycles. The molecule has 2 amide bonds. The molecule has 1 heterocycles. The molecule has 9 heteroatoms. The number of amides is 2. The lowest BCUT2D eigenvalue weighted by Crippen LogP contribution is -2.18. The van der Waals surface area contributed by atoms with Gasteiger partial charge in [-0.25, -0.2) is 4.39 Å². The van der Waals surface area contributed by atoms with E-state index in [2.05, 4.69) is 27.4 Å². The van der Waals surface area contributed by atoms with E-state index in [1.165, 1.54) is 23.9 Å². The molecule has 0 fully saturated rings. The summed E-state index contributed by atoms with van der Waals surface area (Å²) in [6, 6.07) is 19.6. The highest BCUT2D eigenvalue weighted by Gasteiger charge is 2.17. The van der Waals surface area contributed by atoms with Crippen LogP contribution in [0, 0.1) is 5.82 Å². The molecule has 172 valence electrons. The lowest BCUT2D eigenvalue weighted by atomic mass is 10.1. The minimum absolute atomic E-state index is 0.0982. The van der Waals surface area contributed by atoms with Crippen molar-refractivity contribution in [1.29, 1.82) is 0 Å². The molecule has 0 aliphatic carbocycles. The van der Waals surface area contributed by atoms with Gasteiger partial charge in [-0.1, -0.05) is 60.3 Å². The number of hydrogen-bond acceptors (Lipinski definition) is 5. The molecule has 0 bridgehead atoms. The number of carbonyl (C=O) groups is 2. The van der Waals surface area contributed by atoms with Crippen LogP contribution in [0.3, 0.4) is 0 Å². The van der Waals surface area contributed by atoms with Crippen LogP contribution < -0.4 is 10.6 Å². The molecule has 0 atom stereocenters. The molecule has 1 aromatic heterocycles. The van der Waals surface area contributed by atoms with Crippen LogP contribution in [-0.2, 0) is 22.6 Å². The summed E-state index contributed by atoms with van der Waals surface area (Å²) in [6.45, 7) is 4.10. The Morgan fingerprint density at radius 2 is 1.74 bits per heavy atom. The summed E-state index contributed by atoms with van der Waals surface area (Å²) in [7, 11) is 0. The normalized spacial score (nSPS) is 10.7. The first kappa shape index (κ1) is 23.2. The summed E-state index contributed by atoms with van der Waals surface area (Å²) in [4.78, 5) is 24.9. The van der Waals surface area contributed by atoms with E-state index in [9.17, 15) is 14.0 Å². The van der Waals surface area contributed by atoms with Gasteiger partial charge < -0.3 is 15.2 Å². The summed E-state index contributed by atoms with van der Waals surface area (Å²) in [5.41, 5.74) is 0.810. The Kier molecular flexibility index (Phi) is 7.34. The summed E-state index contributed by atoms with van der Waals surface area (Å²) in [5, 5.41) is 16.3. The van der Waals surface area contributed by atoms with Crippen molar-refractivity contribution in [3.05, 3.63) is 91.0 Å². The first-order chi connectivity index (χ1) is 16.5. The van der Waals surface area contributed by atoms with Crippen LogP contribution in [0.1, 0.15) is 5.82 Å². The molecule has 0 radical (unpaired) electrons. The number of aromatic nitrogens is 3. The molecule has 0 saturated heterocycles. The number of rotatable bonds is 9. The summed E-state index contributed by atoms with van der Waals surface area (Å²) in [5.74, 6) is -0.618. The fourth-order valence-corrected chi connectivity index (χ4v) is 4.13. The van der Waals surface area contributed by atoms with Crippen molar-refractivity contribution < 1.29 is 14.0 Å². The van der Waals surface area contributed by atoms with Crippen molar-refractivity contribution in [2.45, 2.75) is 18.1 Å². The maximum Gasteiger partial charge on any atom is 0.234 e. The molecule has 0 aliphatic heterocycles. The lowest BCUT2D eigenvalue weighted by Gasteiger charge is -2.09. The van der Waals surface area contributed by atoms with E-state index < -0.39 is 11.7 Å². The van der Waals surface area contributed by atoms with Crippen molar-refractivity contribution >= 4 is 45.7 Å². The number of carbonyl (C=O) groups excluding carboxylic acids is 2. The average molecular weight is 476 g/mol. The van der Waals surface area contributed by atoms with E-state index in [4.69, 9.17) is 0 Å². The van der Waals surface area contributed by atoms with Gasteiger partial charge in [-0.2, -0.15) is 0 Å². The number of thioether (sulfide) groups is 1. The number of anilines is 2. The lowest BCUT2D eigenvalue weighted by molar-refractivity contribution is -0.116. The number of nitrogens with one attached hydrogen (secondary N) is 2. The molecule has 0 unspecified atom stereocenters. The maximum absolute atomic E-state index is 13.8. The Hall–Kier alpha value is -3.98. The maximum atomic E-state index is 13.8. The fourth-order valence-electron chi connectivity index (χ4n) is 3.36. The Morgan fingerprint density at radius 1 is 0.971 bits per heavy atom. The van der Waals surface area contributed by atoms with Crippen molar-refractivity contribution in [1.82, 2.24) is 14.8 Å². The SMILES string of the molecule is C=CCn1c(CC(=O)Nc2ccccc2F)nnc1SCC(=O)Nc1ccc2ccccc2c1. The second-order valence-electron chi connectivity index (χ2n) is 7.40. The van der Waals surface area contributed by atoms with E-state index in [1.54, 1.807) is 22.8 Å². The van der Waals surface area contributed by atoms with Crippen LogP contribution in [0.4, 0.5) is 15.8 Å². The minimum Gasteiger partial charge on any atom is -0.325 e. The number of allylic oxidation sites excluding steroid dienone is 1. The van der Waals surface area contributed by atoms with Gasteiger partial charge >= 0.3 is 0 Å². The Balaban J connectivity index is 1.38. The molecule has 0 spiro atoms. The number of benzene rings is 3. The Morgan fingerprint density at radius 3 is 2.53 bits per heavy atom. The van der Waals surface area contributed by atoms with Crippen molar-refractivity contribution in [2.75, 3.05) is 16.4 Å². The van der Waals surface area contributed by atoms with E-state index in [0.29, 0.717) is 23.2 Å². The van der Waals surface area contributed by atoms with Gasteiger partial charge in [0.1, 0.15) is 11.6 Å². The van der Waals surface area contributed by atoms with Crippen molar-refractivity contribution in [2.24, 2.45) is 0 Å². The van der Waals surface area contributed by atoms with E-state index in [-0.39, 0.29) is 23.8 Å². The van der Waals surface area contributed by atoms with Gasteiger partial charge in [0.2, 0.25) is 11.8 Å². The molecule has 2 N–H and O–H groups in total. The van der Waals surface area contributed by atoms with Crippen LogP contribution in [0.25, 0.3) is 10.8 Å². The predicted molar refractivity (Wildman–Crippen MR) is 132 cm³/mol. The minimum atomic E-state index is -0.517. The monoisotopic (exact) mass is 475 g/mol. The third-order valence-corrected chi connectivity index (χ3v) is 5.90. The van der Waals surface area contributed by atoms with E-state index >= 15 is 0 Å². The molecule has 0 saturated carbocycles. The zero-order valence-corrected chi connectivity index (χ0v) is 19.0. The van der Waals surface area contributed by atoms with Gasteiger partial charge in [-0.05, 0) is 35.0 Å². The molecule has 7 nitrogen and oxygen atoms in total. The predicted octanol–water partition coefficient (Wildman–Crippen LogP) is 4.67. The number of halogens is 1.